The van der Waals surface area contributed by atoms with Crippen LogP contribution in [0.25, 0.3) is 0 Å². The number of hydrogen-bond acceptors (Lipinski definition) is 6. The van der Waals surface area contributed by atoms with Gasteiger partial charge in [0.05, 0.1) is 38.2 Å². The number of quaternary nitrogens is 1. The number of benzene rings is 1. The van der Waals surface area contributed by atoms with Gasteiger partial charge in [-0.3, -0.25) is 19.3 Å². The van der Waals surface area contributed by atoms with E-state index in [9.17, 15) is 24.3 Å². The van der Waals surface area contributed by atoms with Gasteiger partial charge in [0, 0.05) is 5.75 Å². The molecule has 10 heteroatoms. The fourth-order valence-corrected chi connectivity index (χ4v) is 5.22. The largest absolute Gasteiger partial charge is 0.543 e. The molecule has 0 aromatic heterocycles. The summed E-state index contributed by atoms with van der Waals surface area (Å²) in [6.45, 7) is 3.25. The summed E-state index contributed by atoms with van der Waals surface area (Å²) in [5, 5.41) is 14.1. The molecule has 2 heterocycles. The van der Waals surface area contributed by atoms with Gasteiger partial charge in [-0.25, -0.2) is 0 Å². The van der Waals surface area contributed by atoms with E-state index in [1.165, 1.54) is 16.7 Å². The molecule has 3 rings (SSSR count). The highest BCUT2D eigenvalue weighted by molar-refractivity contribution is 8.00. The third-order valence-corrected chi connectivity index (χ3v) is 7.18. The number of nitrogens with zero attached hydrogens (tertiary/aromatic N) is 2. The van der Waals surface area contributed by atoms with E-state index in [4.69, 9.17) is 5.73 Å². The Morgan fingerprint density at radius 3 is 2.61 bits per heavy atom. The van der Waals surface area contributed by atoms with Gasteiger partial charge in [0.1, 0.15) is 11.4 Å². The van der Waals surface area contributed by atoms with Crippen LogP contribution in [-0.2, 0) is 25.6 Å². The predicted octanol–water partition coefficient (Wildman–Crippen LogP) is -0.859. The van der Waals surface area contributed by atoms with Gasteiger partial charge in [0.25, 0.3) is 11.8 Å². The van der Waals surface area contributed by atoms with Gasteiger partial charge < -0.3 is 25.4 Å². The number of β-lactam (4-membered cyclic amide) rings is 1. The van der Waals surface area contributed by atoms with E-state index in [-0.39, 0.29) is 24.6 Å². The lowest BCUT2D eigenvalue weighted by molar-refractivity contribution is -0.894. The van der Waals surface area contributed by atoms with Gasteiger partial charge in [-0.1, -0.05) is 36.4 Å². The number of carboxylic acid groups (broad SMARTS) is 1. The molecule has 33 heavy (non-hydrogen) atoms. The number of thioether (sulfide) groups is 1. The third-order valence-electron chi connectivity index (χ3n) is 5.88. The molecule has 1 aromatic carbocycles. The van der Waals surface area contributed by atoms with Crippen LogP contribution < -0.4 is 16.2 Å². The van der Waals surface area contributed by atoms with E-state index >= 15 is 0 Å². The summed E-state index contributed by atoms with van der Waals surface area (Å²) >= 11 is 1.39. The number of nitrogens with one attached hydrogen (secondary N) is 1. The number of nitrogens with two attached hydrogens (primary N) is 1. The van der Waals surface area contributed by atoms with Crippen molar-refractivity contribution >= 4 is 35.5 Å². The van der Waals surface area contributed by atoms with E-state index in [1.807, 2.05) is 44.3 Å². The van der Waals surface area contributed by atoms with Crippen molar-refractivity contribution in [3.8, 4) is 0 Å². The monoisotopic (exact) mass is 472 g/mol. The molecule has 0 aliphatic carbocycles. The molecule has 2 aliphatic heterocycles. The molecular formula is C23H28N4O5S. The van der Waals surface area contributed by atoms with Crippen molar-refractivity contribution in [3.63, 3.8) is 0 Å². The number of carboxylic acids is 1. The molecule has 0 bridgehead atoms. The molecule has 3 N–H and O–H groups in total. The highest BCUT2D eigenvalue weighted by atomic mass is 32.2. The Kier molecular flexibility index (Phi) is 7.60. The molecule has 3 atom stereocenters. The van der Waals surface area contributed by atoms with Gasteiger partial charge >= 0.3 is 0 Å². The van der Waals surface area contributed by atoms with Crippen LogP contribution in [0.5, 0.6) is 0 Å². The van der Waals surface area contributed by atoms with Crippen LogP contribution >= 0.6 is 11.8 Å². The van der Waals surface area contributed by atoms with E-state index in [0.29, 0.717) is 28.9 Å². The first-order valence-electron chi connectivity index (χ1n) is 10.7. The van der Waals surface area contributed by atoms with E-state index in [0.717, 1.165) is 5.56 Å². The first-order chi connectivity index (χ1) is 15.6. The number of allylic oxidation sites excluding steroid dienone is 1. The Morgan fingerprint density at radius 2 is 2.00 bits per heavy atom. The van der Waals surface area contributed by atoms with Gasteiger partial charge in [0.2, 0.25) is 5.91 Å². The molecule has 176 valence electrons. The Bertz CT molecular complexity index is 1010. The average molecular weight is 473 g/mol. The summed E-state index contributed by atoms with van der Waals surface area (Å²) in [4.78, 5) is 49.5. The number of amides is 3. The Hall–Kier alpha value is -3.11. The molecule has 9 nitrogen and oxygen atoms in total. The smallest absolute Gasteiger partial charge is 0.272 e. The number of fused-ring (bicyclic) bond motifs is 1. The second kappa shape index (κ2) is 10.2. The van der Waals surface area contributed by atoms with E-state index in [2.05, 4.69) is 5.32 Å². The van der Waals surface area contributed by atoms with Gasteiger partial charge in [-0.2, -0.15) is 0 Å². The number of rotatable bonds is 10. The van der Waals surface area contributed by atoms with Gasteiger partial charge in [-0.05, 0) is 24.1 Å². The summed E-state index contributed by atoms with van der Waals surface area (Å²) in [6, 6.07) is 8.39. The SMILES string of the molecule is CC[N+](C)(C/C=C/C1=C(C(=O)[O-])N2C(=O)[C@@H](NC(=O)Cc3ccccc3)[C@H]2SC1)CC(N)=O. The minimum Gasteiger partial charge on any atom is -0.543 e. The molecule has 0 saturated carbocycles. The number of hydrogen-bond donors (Lipinski definition) is 2. The molecule has 0 radical (unpaired) electrons. The zero-order valence-electron chi connectivity index (χ0n) is 18.7. The van der Waals surface area contributed by atoms with Crippen molar-refractivity contribution in [2.75, 3.05) is 32.4 Å². The standard InChI is InChI=1S/C23H28N4O5S/c1-3-27(2,13-17(24)28)11-7-10-16-14-33-22-19(21(30)26(22)20(16)23(31)32)25-18(29)12-15-8-5-4-6-9-15/h4-10,19,22H,3,11-14H2,1-2H3,(H3-,24,25,28,29,31,32)/b10-7+/t19-,22-,27?/m1/s1. The molecule has 1 saturated heterocycles. The third kappa shape index (κ3) is 5.63. The van der Waals surface area contributed by atoms with Crippen molar-refractivity contribution in [3.05, 3.63) is 59.3 Å². The van der Waals surface area contributed by atoms with Crippen molar-refractivity contribution in [1.82, 2.24) is 10.2 Å². The topological polar surface area (TPSA) is 133 Å². The summed E-state index contributed by atoms with van der Waals surface area (Å²) in [6.07, 6.45) is 3.59. The average Bonchev–Trinajstić information content (AvgIpc) is 2.77. The lowest BCUT2D eigenvalue weighted by atomic mass is 10.0. The number of aliphatic carboxylic acids is 1. The Balaban J connectivity index is 1.69. The Morgan fingerprint density at radius 1 is 1.30 bits per heavy atom. The quantitative estimate of drug-likeness (QED) is 0.336. The van der Waals surface area contributed by atoms with Gasteiger partial charge in [-0.15, -0.1) is 11.8 Å². The maximum absolute atomic E-state index is 12.7. The van der Waals surface area contributed by atoms with Gasteiger partial charge in [0.15, 0.2) is 6.54 Å². The van der Waals surface area contributed by atoms with Crippen molar-refractivity contribution in [2.45, 2.75) is 24.8 Å². The van der Waals surface area contributed by atoms with Crippen LogP contribution in [0.4, 0.5) is 0 Å². The van der Waals surface area contributed by atoms with Crippen molar-refractivity contribution in [2.24, 2.45) is 5.73 Å². The first kappa shape index (κ1) is 24.5. The maximum Gasteiger partial charge on any atom is 0.272 e. The normalized spacial score (nSPS) is 21.9. The fraction of sp³-hybridized carbons (Fsp3) is 0.391. The summed E-state index contributed by atoms with van der Waals surface area (Å²) in [5.41, 5.74) is 6.44. The maximum atomic E-state index is 12.7. The van der Waals surface area contributed by atoms with Crippen LogP contribution in [0.15, 0.2) is 53.8 Å². The van der Waals surface area contributed by atoms with Crippen LogP contribution in [0.1, 0.15) is 12.5 Å². The lowest BCUT2D eigenvalue weighted by Gasteiger charge is -2.50. The lowest BCUT2D eigenvalue weighted by Crippen LogP contribution is -2.71. The highest BCUT2D eigenvalue weighted by Crippen LogP contribution is 2.40. The van der Waals surface area contributed by atoms with Crippen LogP contribution in [0.2, 0.25) is 0 Å². The zero-order chi connectivity index (χ0) is 24.2. The van der Waals surface area contributed by atoms with E-state index < -0.39 is 29.2 Å². The second-order valence-electron chi connectivity index (χ2n) is 8.42. The summed E-state index contributed by atoms with van der Waals surface area (Å²) < 4.78 is 0.383. The van der Waals surface area contributed by atoms with Crippen molar-refractivity contribution in [1.29, 1.82) is 0 Å². The Labute approximate surface area is 196 Å². The molecule has 1 aromatic rings. The van der Waals surface area contributed by atoms with Crippen molar-refractivity contribution < 1.29 is 28.8 Å². The number of carbonyl (C=O) groups is 4. The molecule has 3 amide bonds. The number of primary amides is 1. The highest BCUT2D eigenvalue weighted by Gasteiger charge is 2.52. The molecule has 1 fully saturated rings. The molecule has 0 spiro atoms. The first-order valence-corrected chi connectivity index (χ1v) is 11.7. The fourth-order valence-electron chi connectivity index (χ4n) is 3.90. The van der Waals surface area contributed by atoms with Crippen LogP contribution in [-0.4, -0.2) is 76.9 Å². The number of carbonyl (C=O) groups excluding carboxylic acids is 4. The molecular weight excluding hydrogens is 444 g/mol. The molecule has 2 aliphatic rings. The van der Waals surface area contributed by atoms with E-state index in [1.54, 1.807) is 12.2 Å². The number of likely N-dealkylation sites (N-methyl/N-ethyl adjacent to an activating group) is 1. The predicted molar refractivity (Wildman–Crippen MR) is 122 cm³/mol. The van der Waals surface area contributed by atoms with Crippen LogP contribution in [0, 0.1) is 0 Å². The van der Waals surface area contributed by atoms with Crippen LogP contribution in [0.3, 0.4) is 0 Å². The summed E-state index contributed by atoms with van der Waals surface area (Å²) in [7, 11) is 1.89. The second-order valence-corrected chi connectivity index (χ2v) is 9.53. The minimum atomic E-state index is -1.44. The summed E-state index contributed by atoms with van der Waals surface area (Å²) in [5.74, 6) is -2.26. The minimum absolute atomic E-state index is 0.138. The zero-order valence-corrected chi connectivity index (χ0v) is 19.5. The molecule has 1 unspecified atom stereocenters.